The van der Waals surface area contributed by atoms with Crippen LogP contribution in [0.25, 0.3) is 0 Å². The Morgan fingerprint density at radius 2 is 1.14 bits per heavy atom. The number of carbonyl (C=O) groups excluding carboxylic acids is 4. The molecule has 3 aliphatic carbocycles. The minimum Gasteiger partial charge on any atom is -0.292 e. The van der Waals surface area contributed by atoms with Crippen LogP contribution < -0.4 is 0 Å². The second kappa shape index (κ2) is 10.1. The van der Waals surface area contributed by atoms with E-state index < -0.39 is 35.6 Å². The van der Waals surface area contributed by atoms with Crippen molar-refractivity contribution in [1.29, 1.82) is 0 Å². The molecule has 0 N–H and O–H groups in total. The molecule has 4 aliphatic rings. The predicted octanol–water partition coefficient (Wildman–Crippen LogP) is 6.25. The highest BCUT2D eigenvalue weighted by atomic mass is 35.5. The molecule has 4 aromatic carbocycles. The fourth-order valence-corrected chi connectivity index (χ4v) is 7.36. The molecule has 0 spiro atoms. The highest BCUT2D eigenvalue weighted by Crippen LogP contribution is 2.61. The number of carbonyl (C=O) groups is 4. The topological polar surface area (TPSA) is 74.8 Å². The fraction of sp³-hybridized carbons (Fsp3) is 0.200. The number of rotatable bonds is 6. The van der Waals surface area contributed by atoms with Crippen molar-refractivity contribution in [2.45, 2.75) is 31.2 Å². The third kappa shape index (κ3) is 3.78. The Kier molecular flexibility index (Phi) is 6.32. The lowest BCUT2D eigenvalue weighted by atomic mass is 9.55. The number of benzene rings is 4. The Morgan fingerprint density at radius 1 is 0.690 bits per heavy atom. The summed E-state index contributed by atoms with van der Waals surface area (Å²) in [5.74, 6) is -3.88. The van der Waals surface area contributed by atoms with Crippen LogP contribution in [0.5, 0.6) is 0 Å². The van der Waals surface area contributed by atoms with Crippen molar-refractivity contribution in [1.82, 2.24) is 10.0 Å². The molecule has 208 valence electrons. The van der Waals surface area contributed by atoms with Crippen molar-refractivity contribution >= 4 is 35.1 Å². The number of ketones is 1. The number of imide groups is 1. The lowest BCUT2D eigenvalue weighted by Crippen LogP contribution is -2.57. The summed E-state index contributed by atoms with van der Waals surface area (Å²) in [5, 5.41) is 2.56. The number of hydrogen-bond acceptors (Lipinski definition) is 4. The van der Waals surface area contributed by atoms with Gasteiger partial charge in [-0.2, -0.15) is 5.01 Å². The van der Waals surface area contributed by atoms with Gasteiger partial charge in [0.15, 0.2) is 5.78 Å². The zero-order valence-corrected chi connectivity index (χ0v) is 23.6. The highest BCUT2D eigenvalue weighted by molar-refractivity contribution is 6.30. The largest absolute Gasteiger partial charge is 0.292 e. The second-order valence-corrected chi connectivity index (χ2v) is 11.5. The van der Waals surface area contributed by atoms with Gasteiger partial charge in [0, 0.05) is 28.0 Å². The summed E-state index contributed by atoms with van der Waals surface area (Å²) in [4.78, 5) is 57.3. The Labute approximate surface area is 248 Å². The van der Waals surface area contributed by atoms with Crippen LogP contribution in [0.2, 0.25) is 5.02 Å². The van der Waals surface area contributed by atoms with Gasteiger partial charge in [-0.3, -0.25) is 19.2 Å². The van der Waals surface area contributed by atoms with Crippen LogP contribution in [0.3, 0.4) is 0 Å². The maximum atomic E-state index is 14.5. The van der Waals surface area contributed by atoms with Gasteiger partial charge in [0.2, 0.25) is 0 Å². The van der Waals surface area contributed by atoms with E-state index in [1.807, 2.05) is 48.5 Å². The van der Waals surface area contributed by atoms with Crippen LogP contribution in [0.4, 0.5) is 0 Å². The molecular formula is C35H27ClN2O4. The van der Waals surface area contributed by atoms with Crippen molar-refractivity contribution in [2.75, 3.05) is 0 Å². The molecule has 0 unspecified atom stereocenters. The molecule has 6 nitrogen and oxygen atoms in total. The maximum Gasteiger partial charge on any atom is 0.273 e. The average molecular weight is 575 g/mol. The van der Waals surface area contributed by atoms with Crippen molar-refractivity contribution in [3.63, 3.8) is 0 Å². The van der Waals surface area contributed by atoms with E-state index in [1.165, 1.54) is 0 Å². The van der Waals surface area contributed by atoms with Crippen LogP contribution in [-0.4, -0.2) is 39.6 Å². The Hall–Kier alpha value is -4.55. The molecular weight excluding hydrogens is 548 g/mol. The first-order valence-corrected chi connectivity index (χ1v) is 14.5. The first kappa shape index (κ1) is 26.4. The molecule has 1 fully saturated rings. The lowest BCUT2D eigenvalue weighted by molar-refractivity contribution is -0.156. The molecule has 0 radical (unpaired) electrons. The number of nitrogens with zero attached hydrogens (tertiary/aromatic N) is 2. The summed E-state index contributed by atoms with van der Waals surface area (Å²) in [6.45, 7) is 1.78. The summed E-state index contributed by atoms with van der Waals surface area (Å²) in [5.41, 5.74) is 4.77. The standard InChI is InChI=1S/C35H27ClN2O4/c1-2-27(32(39)20-10-4-3-5-11-20)37(33(40)21-16-18-22(36)19-17-21)38-34(41)30-28-23-12-6-7-13-24(23)29(31(30)35(38)42)26-15-9-8-14-25(26)28/h3-19,27-31H,2H2,1H3/t27-,28?,29?,30-,31-/m1/s1. The van der Waals surface area contributed by atoms with Gasteiger partial charge in [0.1, 0.15) is 6.04 Å². The van der Waals surface area contributed by atoms with Crippen LogP contribution in [0.1, 0.15) is 68.2 Å². The van der Waals surface area contributed by atoms with E-state index in [2.05, 4.69) is 0 Å². The molecule has 1 saturated heterocycles. The third-order valence-electron chi connectivity index (χ3n) is 8.98. The van der Waals surface area contributed by atoms with Crippen molar-refractivity contribution in [3.8, 4) is 0 Å². The molecule has 0 aromatic heterocycles. The fourth-order valence-electron chi connectivity index (χ4n) is 7.23. The smallest absolute Gasteiger partial charge is 0.273 e. The highest BCUT2D eigenvalue weighted by Gasteiger charge is 2.63. The van der Waals surface area contributed by atoms with Gasteiger partial charge in [-0.05, 0) is 52.9 Å². The minimum absolute atomic E-state index is 0.201. The second-order valence-electron chi connectivity index (χ2n) is 11.1. The average Bonchev–Trinajstić information content (AvgIpc) is 3.29. The molecule has 2 bridgehead atoms. The van der Waals surface area contributed by atoms with Gasteiger partial charge in [0.05, 0.1) is 11.8 Å². The zero-order valence-electron chi connectivity index (χ0n) is 22.8. The molecule has 3 amide bonds. The van der Waals surface area contributed by atoms with E-state index in [0.717, 1.165) is 32.3 Å². The number of Topliss-reactive ketones (excluding diaryl/α,β-unsaturated/α-hetero) is 1. The number of hydrogen-bond donors (Lipinski definition) is 0. The number of amides is 3. The molecule has 42 heavy (non-hydrogen) atoms. The zero-order chi connectivity index (χ0) is 29.1. The first-order chi connectivity index (χ1) is 20.4. The minimum atomic E-state index is -1.08. The van der Waals surface area contributed by atoms with E-state index in [-0.39, 0.29) is 29.6 Å². The van der Waals surface area contributed by atoms with Gasteiger partial charge < -0.3 is 0 Å². The van der Waals surface area contributed by atoms with E-state index in [9.17, 15) is 19.2 Å². The normalized spacial score (nSPS) is 22.3. The van der Waals surface area contributed by atoms with E-state index >= 15 is 0 Å². The summed E-state index contributed by atoms with van der Waals surface area (Å²) in [6.07, 6.45) is 0.201. The van der Waals surface area contributed by atoms with E-state index in [0.29, 0.717) is 10.6 Å². The third-order valence-corrected chi connectivity index (χ3v) is 9.23. The molecule has 7 heteroatoms. The summed E-state index contributed by atoms with van der Waals surface area (Å²) in [7, 11) is 0. The quantitative estimate of drug-likeness (QED) is 0.201. The predicted molar refractivity (Wildman–Crippen MR) is 158 cm³/mol. The molecule has 0 saturated carbocycles. The Morgan fingerprint density at radius 3 is 1.60 bits per heavy atom. The first-order valence-electron chi connectivity index (χ1n) is 14.2. The van der Waals surface area contributed by atoms with Gasteiger partial charge in [0.25, 0.3) is 17.7 Å². The Balaban J connectivity index is 1.38. The van der Waals surface area contributed by atoms with Crippen LogP contribution in [0, 0.1) is 11.8 Å². The van der Waals surface area contributed by atoms with Crippen molar-refractivity contribution < 1.29 is 19.2 Å². The molecule has 3 atom stereocenters. The maximum absolute atomic E-state index is 14.5. The van der Waals surface area contributed by atoms with E-state index in [1.54, 1.807) is 61.5 Å². The Bertz CT molecular complexity index is 1640. The SMILES string of the molecule is CC[C@H](C(=O)c1ccccc1)N(C(=O)c1ccc(Cl)cc1)N1C(=O)[C@@H]2C3c4ccccc4C(c4ccccc43)[C@H]2C1=O. The van der Waals surface area contributed by atoms with Gasteiger partial charge in [-0.15, -0.1) is 0 Å². The van der Waals surface area contributed by atoms with Gasteiger partial charge in [-0.1, -0.05) is 97.4 Å². The van der Waals surface area contributed by atoms with Crippen LogP contribution >= 0.6 is 11.6 Å². The molecule has 8 rings (SSSR count). The summed E-state index contributed by atoms with van der Waals surface area (Å²) < 4.78 is 0. The number of hydrazine groups is 1. The molecule has 1 heterocycles. The van der Waals surface area contributed by atoms with Crippen molar-refractivity contribution in [2.24, 2.45) is 11.8 Å². The van der Waals surface area contributed by atoms with Gasteiger partial charge >= 0.3 is 0 Å². The van der Waals surface area contributed by atoms with Gasteiger partial charge in [-0.25, -0.2) is 5.01 Å². The van der Waals surface area contributed by atoms with E-state index in [4.69, 9.17) is 11.6 Å². The monoisotopic (exact) mass is 574 g/mol. The van der Waals surface area contributed by atoms with Crippen LogP contribution in [-0.2, 0) is 9.59 Å². The summed E-state index contributed by atoms with van der Waals surface area (Å²) >= 11 is 6.10. The van der Waals surface area contributed by atoms with Crippen molar-refractivity contribution in [3.05, 3.63) is 142 Å². The lowest BCUT2D eigenvalue weighted by Gasteiger charge is -2.45. The number of halogens is 1. The van der Waals surface area contributed by atoms with Crippen LogP contribution in [0.15, 0.2) is 103 Å². The summed E-state index contributed by atoms with van der Waals surface area (Å²) in [6, 6.07) is 29.8. The molecule has 4 aromatic rings. The molecule has 1 aliphatic heterocycles.